The molecule has 0 aliphatic rings. The van der Waals surface area contributed by atoms with E-state index in [1.54, 1.807) is 6.07 Å². The minimum absolute atomic E-state index is 0.0246. The van der Waals surface area contributed by atoms with Gasteiger partial charge in [-0.1, -0.05) is 19.9 Å². The maximum absolute atomic E-state index is 12.2. The summed E-state index contributed by atoms with van der Waals surface area (Å²) in [4.78, 5) is 15.1. The first-order valence-corrected chi connectivity index (χ1v) is 7.08. The third-order valence-corrected chi connectivity index (χ3v) is 3.06. The fraction of sp³-hybridized carbons (Fsp3) is 0.533. The average molecular weight is 280 g/mol. The molecule has 0 aliphatic carbocycles. The van der Waals surface area contributed by atoms with E-state index in [0.717, 1.165) is 17.9 Å². The first-order chi connectivity index (χ1) is 8.88. The molecule has 0 saturated heterocycles. The molecule has 1 N–H and O–H groups in total. The van der Waals surface area contributed by atoms with Crippen molar-refractivity contribution in [2.45, 2.75) is 31.2 Å². The molecule has 0 bridgehead atoms. The van der Waals surface area contributed by atoms with E-state index >= 15 is 0 Å². The van der Waals surface area contributed by atoms with Crippen molar-refractivity contribution in [2.75, 3.05) is 20.6 Å². The van der Waals surface area contributed by atoms with E-state index in [0.29, 0.717) is 11.5 Å². The number of rotatable bonds is 6. The summed E-state index contributed by atoms with van der Waals surface area (Å²) in [6.45, 7) is 5.19. The quantitative estimate of drug-likeness (QED) is 0.785. The van der Waals surface area contributed by atoms with Crippen LogP contribution in [0.15, 0.2) is 29.2 Å². The van der Waals surface area contributed by atoms with Crippen LogP contribution < -0.4 is 5.32 Å². The van der Waals surface area contributed by atoms with Crippen LogP contribution in [0.1, 0.15) is 30.6 Å². The van der Waals surface area contributed by atoms with Crippen molar-refractivity contribution >= 4 is 18.5 Å². The lowest BCUT2D eigenvalue weighted by atomic mass is 10.0. The highest BCUT2D eigenvalue weighted by molar-refractivity contribution is 7.80. The summed E-state index contributed by atoms with van der Waals surface area (Å²) in [5, 5.41) is 3.11. The van der Waals surface area contributed by atoms with Gasteiger partial charge in [-0.05, 0) is 44.6 Å². The summed E-state index contributed by atoms with van der Waals surface area (Å²) >= 11 is 4.26. The van der Waals surface area contributed by atoms with Gasteiger partial charge in [0.2, 0.25) is 0 Å². The number of nitrogens with zero attached hydrogens (tertiary/aromatic N) is 1. The number of hydrogen-bond donors (Lipinski definition) is 2. The monoisotopic (exact) mass is 280 g/mol. The van der Waals surface area contributed by atoms with Gasteiger partial charge in [0.1, 0.15) is 0 Å². The standard InChI is InChI=1S/C15H24N2OS/c1-11(2)8-13(10-17(3)4)16-15(18)12-6-5-7-14(19)9-12/h5-7,9,11,13,19H,8,10H2,1-4H3,(H,16,18). The van der Waals surface area contributed by atoms with Crippen LogP contribution in [0.3, 0.4) is 0 Å². The Morgan fingerprint density at radius 2 is 2.05 bits per heavy atom. The van der Waals surface area contributed by atoms with Gasteiger partial charge in [0.25, 0.3) is 5.91 Å². The number of likely N-dealkylation sites (N-methyl/N-ethyl adjacent to an activating group) is 1. The van der Waals surface area contributed by atoms with Crippen LogP contribution in [-0.4, -0.2) is 37.5 Å². The number of hydrogen-bond acceptors (Lipinski definition) is 3. The van der Waals surface area contributed by atoms with Crippen LogP contribution in [0.5, 0.6) is 0 Å². The van der Waals surface area contributed by atoms with E-state index in [1.807, 2.05) is 32.3 Å². The molecule has 1 atom stereocenters. The Morgan fingerprint density at radius 3 is 2.58 bits per heavy atom. The van der Waals surface area contributed by atoms with Gasteiger partial charge < -0.3 is 10.2 Å². The maximum Gasteiger partial charge on any atom is 0.251 e. The Labute approximate surface area is 121 Å². The minimum Gasteiger partial charge on any atom is -0.348 e. The molecule has 106 valence electrons. The normalized spacial score (nSPS) is 12.8. The summed E-state index contributed by atoms with van der Waals surface area (Å²) in [5.41, 5.74) is 0.667. The van der Waals surface area contributed by atoms with Crippen molar-refractivity contribution in [1.29, 1.82) is 0 Å². The second-order valence-electron chi connectivity index (χ2n) is 5.61. The Hall–Kier alpha value is -1.00. The summed E-state index contributed by atoms with van der Waals surface area (Å²) in [7, 11) is 4.04. The summed E-state index contributed by atoms with van der Waals surface area (Å²) in [6.07, 6.45) is 0.977. The lowest BCUT2D eigenvalue weighted by molar-refractivity contribution is 0.0924. The van der Waals surface area contributed by atoms with Crippen LogP contribution in [-0.2, 0) is 0 Å². The zero-order valence-electron chi connectivity index (χ0n) is 12.2. The van der Waals surface area contributed by atoms with E-state index in [-0.39, 0.29) is 11.9 Å². The van der Waals surface area contributed by atoms with Gasteiger partial charge in [-0.3, -0.25) is 4.79 Å². The van der Waals surface area contributed by atoms with Crippen molar-refractivity contribution in [3.05, 3.63) is 29.8 Å². The zero-order valence-corrected chi connectivity index (χ0v) is 13.1. The Balaban J connectivity index is 2.69. The van der Waals surface area contributed by atoms with Crippen molar-refractivity contribution in [2.24, 2.45) is 5.92 Å². The van der Waals surface area contributed by atoms with Crippen molar-refractivity contribution in [1.82, 2.24) is 10.2 Å². The third-order valence-electron chi connectivity index (χ3n) is 2.79. The third kappa shape index (κ3) is 6.12. The predicted molar refractivity (Wildman–Crippen MR) is 83.0 cm³/mol. The van der Waals surface area contributed by atoms with Crippen molar-refractivity contribution < 1.29 is 4.79 Å². The molecular formula is C15H24N2OS. The molecule has 0 fully saturated rings. The molecule has 19 heavy (non-hydrogen) atoms. The maximum atomic E-state index is 12.2. The van der Waals surface area contributed by atoms with Crippen molar-refractivity contribution in [3.63, 3.8) is 0 Å². The summed E-state index contributed by atoms with van der Waals surface area (Å²) in [5.74, 6) is 0.532. The molecule has 0 saturated carbocycles. The highest BCUT2D eigenvalue weighted by Crippen LogP contribution is 2.11. The van der Waals surface area contributed by atoms with Crippen LogP contribution in [0, 0.1) is 5.92 Å². The molecule has 1 unspecified atom stereocenters. The number of carbonyl (C=O) groups excluding carboxylic acids is 1. The lowest BCUT2D eigenvalue weighted by Gasteiger charge is -2.24. The number of carbonyl (C=O) groups is 1. The van der Waals surface area contributed by atoms with Gasteiger partial charge in [0, 0.05) is 23.0 Å². The molecule has 1 aromatic carbocycles. The number of nitrogens with one attached hydrogen (secondary N) is 1. The molecule has 0 aromatic heterocycles. The first kappa shape index (κ1) is 16.1. The Kier molecular flexibility index (Phi) is 6.38. The number of thiol groups is 1. The van der Waals surface area contributed by atoms with E-state index in [1.165, 1.54) is 0 Å². The minimum atomic E-state index is -0.0246. The highest BCUT2D eigenvalue weighted by atomic mass is 32.1. The molecule has 0 radical (unpaired) electrons. The topological polar surface area (TPSA) is 32.3 Å². The summed E-state index contributed by atoms with van der Waals surface area (Å²) < 4.78 is 0. The van der Waals surface area contributed by atoms with Gasteiger partial charge >= 0.3 is 0 Å². The second kappa shape index (κ2) is 7.56. The van der Waals surface area contributed by atoms with Crippen LogP contribution in [0.25, 0.3) is 0 Å². The molecule has 0 spiro atoms. The zero-order chi connectivity index (χ0) is 14.4. The molecule has 1 amide bonds. The molecule has 0 aliphatic heterocycles. The first-order valence-electron chi connectivity index (χ1n) is 6.63. The fourth-order valence-corrected chi connectivity index (χ4v) is 2.33. The fourth-order valence-electron chi connectivity index (χ4n) is 2.10. The van der Waals surface area contributed by atoms with E-state index in [4.69, 9.17) is 0 Å². The molecule has 1 aromatic rings. The molecule has 4 heteroatoms. The SMILES string of the molecule is CC(C)CC(CN(C)C)NC(=O)c1cccc(S)c1. The molecule has 3 nitrogen and oxygen atoms in total. The van der Waals surface area contributed by atoms with Gasteiger partial charge in [0.05, 0.1) is 0 Å². The van der Waals surface area contributed by atoms with Gasteiger partial charge in [-0.15, -0.1) is 12.6 Å². The Bertz CT molecular complexity index is 408. The number of benzene rings is 1. The largest absolute Gasteiger partial charge is 0.348 e. The number of amides is 1. The predicted octanol–water partition coefficient (Wildman–Crippen LogP) is 2.68. The molecule has 0 heterocycles. The van der Waals surface area contributed by atoms with Gasteiger partial charge in [0.15, 0.2) is 0 Å². The van der Waals surface area contributed by atoms with Crippen LogP contribution >= 0.6 is 12.6 Å². The molecular weight excluding hydrogens is 256 g/mol. The van der Waals surface area contributed by atoms with E-state index in [2.05, 4.69) is 36.7 Å². The van der Waals surface area contributed by atoms with Gasteiger partial charge in [-0.25, -0.2) is 0 Å². The molecule has 1 rings (SSSR count). The lowest BCUT2D eigenvalue weighted by Crippen LogP contribution is -2.42. The smallest absolute Gasteiger partial charge is 0.251 e. The van der Waals surface area contributed by atoms with E-state index in [9.17, 15) is 4.79 Å². The van der Waals surface area contributed by atoms with Crippen LogP contribution in [0.4, 0.5) is 0 Å². The Morgan fingerprint density at radius 1 is 1.37 bits per heavy atom. The van der Waals surface area contributed by atoms with Gasteiger partial charge in [-0.2, -0.15) is 0 Å². The van der Waals surface area contributed by atoms with Crippen molar-refractivity contribution in [3.8, 4) is 0 Å². The second-order valence-corrected chi connectivity index (χ2v) is 6.13. The summed E-state index contributed by atoms with van der Waals surface area (Å²) in [6, 6.07) is 7.50. The van der Waals surface area contributed by atoms with E-state index < -0.39 is 0 Å². The van der Waals surface area contributed by atoms with Crippen LogP contribution in [0.2, 0.25) is 0 Å². The average Bonchev–Trinajstić information content (AvgIpc) is 2.26. The highest BCUT2D eigenvalue weighted by Gasteiger charge is 2.16.